The molecule has 1 aromatic carbocycles. The fraction of sp³-hybridized carbons (Fsp3) is 0.222. The molecule has 2 aromatic heterocycles. The molecule has 5 nitrogen and oxygen atoms in total. The van der Waals surface area contributed by atoms with Gasteiger partial charge in [0, 0.05) is 21.9 Å². The van der Waals surface area contributed by atoms with Crippen LogP contribution in [0.4, 0.5) is 5.13 Å². The number of rotatable bonds is 6. The Labute approximate surface area is 154 Å². The lowest BCUT2D eigenvalue weighted by atomic mass is 10.1. The Hall–Kier alpha value is -2.38. The van der Waals surface area contributed by atoms with Gasteiger partial charge in [-0.2, -0.15) is 0 Å². The molecule has 0 bridgehead atoms. The second-order valence-electron chi connectivity index (χ2n) is 5.35. The third-order valence-corrected chi connectivity index (χ3v) is 5.37. The van der Waals surface area contributed by atoms with Crippen LogP contribution in [0.15, 0.2) is 35.7 Å². The summed E-state index contributed by atoms with van der Waals surface area (Å²) in [4.78, 5) is 19.2. The van der Waals surface area contributed by atoms with Gasteiger partial charge in [-0.1, -0.05) is 6.07 Å². The Kier molecular flexibility index (Phi) is 5.35. The highest BCUT2D eigenvalue weighted by atomic mass is 32.1. The van der Waals surface area contributed by atoms with E-state index < -0.39 is 0 Å². The zero-order valence-electron chi connectivity index (χ0n) is 14.2. The van der Waals surface area contributed by atoms with Crippen molar-refractivity contribution in [3.63, 3.8) is 0 Å². The van der Waals surface area contributed by atoms with Crippen molar-refractivity contribution in [3.05, 3.63) is 46.2 Å². The second kappa shape index (κ2) is 7.67. The zero-order chi connectivity index (χ0) is 17.8. The number of nitrogens with zero attached hydrogens (tertiary/aromatic N) is 1. The number of thiophene rings is 1. The minimum Gasteiger partial charge on any atom is -0.497 e. The van der Waals surface area contributed by atoms with Crippen molar-refractivity contribution >= 4 is 33.7 Å². The van der Waals surface area contributed by atoms with Crippen LogP contribution < -0.4 is 14.8 Å². The number of aryl methyl sites for hydroxylation is 1. The molecule has 1 N–H and O–H groups in total. The smallest absolute Gasteiger partial charge is 0.230 e. The van der Waals surface area contributed by atoms with Gasteiger partial charge in [0.1, 0.15) is 11.5 Å². The molecule has 0 saturated heterocycles. The molecule has 0 spiro atoms. The summed E-state index contributed by atoms with van der Waals surface area (Å²) < 4.78 is 10.5. The Bertz CT molecular complexity index is 886. The highest BCUT2D eigenvalue weighted by Crippen LogP contribution is 2.30. The van der Waals surface area contributed by atoms with Crippen LogP contribution in [0.3, 0.4) is 0 Å². The van der Waals surface area contributed by atoms with Crippen LogP contribution in [-0.2, 0) is 11.2 Å². The van der Waals surface area contributed by atoms with E-state index in [-0.39, 0.29) is 12.3 Å². The molecule has 130 valence electrons. The number of anilines is 1. The number of carbonyl (C=O) groups excluding carboxylic acids is 1. The topological polar surface area (TPSA) is 60.5 Å². The monoisotopic (exact) mass is 374 g/mol. The summed E-state index contributed by atoms with van der Waals surface area (Å²) in [6, 6.07) is 9.52. The summed E-state index contributed by atoms with van der Waals surface area (Å²) >= 11 is 3.11. The predicted molar refractivity (Wildman–Crippen MR) is 102 cm³/mol. The molecule has 0 unspecified atom stereocenters. The van der Waals surface area contributed by atoms with E-state index in [0.29, 0.717) is 16.6 Å². The van der Waals surface area contributed by atoms with Gasteiger partial charge >= 0.3 is 0 Å². The Balaban J connectivity index is 1.68. The molecule has 0 aliphatic heterocycles. The van der Waals surface area contributed by atoms with Crippen molar-refractivity contribution in [1.82, 2.24) is 4.98 Å². The van der Waals surface area contributed by atoms with Crippen LogP contribution in [0.2, 0.25) is 0 Å². The maximum absolute atomic E-state index is 12.3. The molecule has 1 amide bonds. The lowest BCUT2D eigenvalue weighted by Crippen LogP contribution is -2.14. The number of hydrogen-bond acceptors (Lipinski definition) is 6. The summed E-state index contributed by atoms with van der Waals surface area (Å²) in [6.07, 6.45) is 0.209. The number of amides is 1. The quantitative estimate of drug-likeness (QED) is 0.696. The fourth-order valence-corrected chi connectivity index (χ4v) is 3.98. The molecular weight excluding hydrogens is 356 g/mol. The van der Waals surface area contributed by atoms with E-state index >= 15 is 0 Å². The first-order chi connectivity index (χ1) is 12.1. The van der Waals surface area contributed by atoms with E-state index in [1.807, 2.05) is 23.6 Å². The van der Waals surface area contributed by atoms with E-state index in [9.17, 15) is 4.79 Å². The van der Waals surface area contributed by atoms with Crippen LogP contribution in [0, 0.1) is 6.92 Å². The molecule has 0 saturated carbocycles. The third kappa shape index (κ3) is 4.18. The highest BCUT2D eigenvalue weighted by molar-refractivity contribution is 7.17. The lowest BCUT2D eigenvalue weighted by Gasteiger charge is -2.10. The van der Waals surface area contributed by atoms with Crippen molar-refractivity contribution in [2.45, 2.75) is 13.3 Å². The predicted octanol–water partition coefficient (Wildman–Crippen LogP) is 4.38. The largest absolute Gasteiger partial charge is 0.497 e. The van der Waals surface area contributed by atoms with Crippen LogP contribution in [0.1, 0.15) is 10.4 Å². The number of nitrogens with one attached hydrogen (secondary N) is 1. The first-order valence-corrected chi connectivity index (χ1v) is 9.31. The van der Waals surface area contributed by atoms with Gasteiger partial charge in [-0.25, -0.2) is 4.98 Å². The minimum absolute atomic E-state index is 0.133. The number of aromatic nitrogens is 1. The zero-order valence-corrected chi connectivity index (χ0v) is 15.8. The standard InChI is InChI=1S/C18H18N2O3S2/c1-11-4-7-16(25-11)14-10-24-18(19-14)20-17(21)8-12-5-6-13(22-2)9-15(12)23-3/h4-7,9-10H,8H2,1-3H3,(H,19,20,21). The van der Waals surface area contributed by atoms with Gasteiger partial charge in [0.2, 0.25) is 5.91 Å². The van der Waals surface area contributed by atoms with Gasteiger partial charge in [0.05, 0.1) is 31.2 Å². The van der Waals surface area contributed by atoms with Crippen LogP contribution >= 0.6 is 22.7 Å². The normalized spacial score (nSPS) is 10.5. The van der Waals surface area contributed by atoms with E-state index in [1.165, 1.54) is 16.2 Å². The third-order valence-electron chi connectivity index (χ3n) is 3.59. The molecule has 2 heterocycles. The number of ether oxygens (including phenoxy) is 2. The molecule has 25 heavy (non-hydrogen) atoms. The van der Waals surface area contributed by atoms with Gasteiger partial charge in [-0.05, 0) is 25.1 Å². The SMILES string of the molecule is COc1ccc(CC(=O)Nc2nc(-c3ccc(C)s3)cs2)c(OC)c1. The number of carbonyl (C=O) groups is 1. The molecule has 3 rings (SSSR count). The maximum atomic E-state index is 12.3. The summed E-state index contributed by atoms with van der Waals surface area (Å²) in [5.41, 5.74) is 1.69. The Morgan fingerprint density at radius 1 is 1.20 bits per heavy atom. The van der Waals surface area contributed by atoms with Crippen LogP contribution in [-0.4, -0.2) is 25.1 Å². The molecule has 0 radical (unpaired) electrons. The van der Waals surface area contributed by atoms with Gasteiger partial charge in [-0.3, -0.25) is 4.79 Å². The van der Waals surface area contributed by atoms with Crippen LogP contribution in [0.25, 0.3) is 10.6 Å². The number of benzene rings is 1. The molecular formula is C18H18N2O3S2. The van der Waals surface area contributed by atoms with E-state index in [2.05, 4.69) is 23.3 Å². The van der Waals surface area contributed by atoms with Crippen molar-refractivity contribution in [2.75, 3.05) is 19.5 Å². The maximum Gasteiger partial charge on any atom is 0.230 e. The Morgan fingerprint density at radius 3 is 2.72 bits per heavy atom. The Morgan fingerprint density at radius 2 is 2.04 bits per heavy atom. The lowest BCUT2D eigenvalue weighted by molar-refractivity contribution is -0.115. The average molecular weight is 374 g/mol. The second-order valence-corrected chi connectivity index (χ2v) is 7.50. The number of thiazole rings is 1. The number of hydrogen-bond donors (Lipinski definition) is 1. The van der Waals surface area contributed by atoms with Gasteiger partial charge in [-0.15, -0.1) is 22.7 Å². The molecule has 0 fully saturated rings. The molecule has 7 heteroatoms. The summed E-state index contributed by atoms with van der Waals surface area (Å²) in [6.45, 7) is 2.06. The van der Waals surface area contributed by atoms with Crippen LogP contribution in [0.5, 0.6) is 11.5 Å². The van der Waals surface area contributed by atoms with Gasteiger partial charge < -0.3 is 14.8 Å². The van der Waals surface area contributed by atoms with E-state index in [1.54, 1.807) is 31.6 Å². The van der Waals surface area contributed by atoms with E-state index in [0.717, 1.165) is 16.1 Å². The first-order valence-electron chi connectivity index (χ1n) is 7.62. The van der Waals surface area contributed by atoms with Crippen molar-refractivity contribution in [3.8, 4) is 22.1 Å². The van der Waals surface area contributed by atoms with Crippen molar-refractivity contribution in [2.24, 2.45) is 0 Å². The average Bonchev–Trinajstić information content (AvgIpc) is 3.24. The van der Waals surface area contributed by atoms with Gasteiger partial charge in [0.25, 0.3) is 0 Å². The molecule has 3 aromatic rings. The van der Waals surface area contributed by atoms with Gasteiger partial charge in [0.15, 0.2) is 5.13 Å². The minimum atomic E-state index is -0.133. The summed E-state index contributed by atoms with van der Waals surface area (Å²) in [7, 11) is 3.17. The van der Waals surface area contributed by atoms with E-state index in [4.69, 9.17) is 9.47 Å². The summed E-state index contributed by atoms with van der Waals surface area (Å²) in [5, 5.41) is 5.40. The van der Waals surface area contributed by atoms with Crippen molar-refractivity contribution < 1.29 is 14.3 Å². The molecule has 0 atom stereocenters. The highest BCUT2D eigenvalue weighted by Gasteiger charge is 2.13. The van der Waals surface area contributed by atoms with Crippen molar-refractivity contribution in [1.29, 1.82) is 0 Å². The fourth-order valence-electron chi connectivity index (χ4n) is 2.35. The summed E-state index contributed by atoms with van der Waals surface area (Å²) in [5.74, 6) is 1.19. The number of methoxy groups -OCH3 is 2. The first kappa shape index (κ1) is 17.4. The molecule has 0 aliphatic carbocycles. The molecule has 0 aliphatic rings.